The van der Waals surface area contributed by atoms with Crippen LogP contribution in [0.5, 0.6) is 0 Å². The van der Waals surface area contributed by atoms with Gasteiger partial charge in [-0.15, -0.1) is 12.4 Å². The Morgan fingerprint density at radius 1 is 1.09 bits per heavy atom. The number of benzene rings is 1. The van der Waals surface area contributed by atoms with Crippen LogP contribution in [0.25, 0.3) is 0 Å². The van der Waals surface area contributed by atoms with Crippen LogP contribution >= 0.6 is 12.4 Å². The van der Waals surface area contributed by atoms with E-state index in [1.165, 1.54) is 30.5 Å². The topological polar surface area (TPSA) is 47.1 Å². The van der Waals surface area contributed by atoms with Gasteiger partial charge in [0.25, 0.3) is 0 Å². The minimum atomic E-state index is -0.203. The van der Waals surface area contributed by atoms with Gasteiger partial charge in [0, 0.05) is 18.3 Å². The van der Waals surface area contributed by atoms with E-state index in [1.54, 1.807) is 12.1 Å². The molecule has 0 bridgehead atoms. The summed E-state index contributed by atoms with van der Waals surface area (Å²) >= 11 is 0. The fourth-order valence-electron chi connectivity index (χ4n) is 2.99. The number of piperidine rings is 1. The molecule has 0 amide bonds. The van der Waals surface area contributed by atoms with Gasteiger partial charge in [-0.25, -0.2) is 4.39 Å². The molecule has 0 radical (unpaired) electrons. The van der Waals surface area contributed by atoms with Gasteiger partial charge in [-0.2, -0.15) is 5.10 Å². The van der Waals surface area contributed by atoms with E-state index >= 15 is 0 Å². The summed E-state index contributed by atoms with van der Waals surface area (Å²) in [5, 5.41) is 4.41. The summed E-state index contributed by atoms with van der Waals surface area (Å²) in [4.78, 5) is 2.46. The van der Waals surface area contributed by atoms with E-state index in [1.807, 2.05) is 10.9 Å². The van der Waals surface area contributed by atoms with Crippen molar-refractivity contribution in [2.75, 3.05) is 19.6 Å². The Bertz CT molecular complexity index is 591. The first kappa shape index (κ1) is 17.9. The maximum atomic E-state index is 12.9. The minimum Gasteiger partial charge on any atom is -0.330 e. The summed E-state index contributed by atoms with van der Waals surface area (Å²) in [5.74, 6) is 0.489. The van der Waals surface area contributed by atoms with E-state index in [0.717, 1.165) is 31.7 Å². The molecule has 1 aromatic carbocycles. The highest BCUT2D eigenvalue weighted by atomic mass is 35.5. The highest BCUT2D eigenvalue weighted by Crippen LogP contribution is 2.17. The number of nitrogens with two attached hydrogens (primary N) is 1. The quantitative estimate of drug-likeness (QED) is 0.911. The zero-order valence-corrected chi connectivity index (χ0v) is 14.0. The molecule has 23 heavy (non-hydrogen) atoms. The maximum Gasteiger partial charge on any atom is 0.123 e. The number of hydrogen-bond acceptors (Lipinski definition) is 3. The molecule has 0 spiro atoms. The third kappa shape index (κ3) is 5.03. The highest BCUT2D eigenvalue weighted by Gasteiger charge is 2.18. The molecule has 126 valence electrons. The van der Waals surface area contributed by atoms with Crippen molar-refractivity contribution in [1.29, 1.82) is 0 Å². The van der Waals surface area contributed by atoms with Crippen LogP contribution in [0.15, 0.2) is 36.7 Å². The smallest absolute Gasteiger partial charge is 0.123 e. The lowest BCUT2D eigenvalue weighted by atomic mass is 9.97. The van der Waals surface area contributed by atoms with Crippen molar-refractivity contribution in [1.82, 2.24) is 14.7 Å². The largest absolute Gasteiger partial charge is 0.330 e. The molecular formula is C17H24ClFN4. The zero-order valence-electron chi connectivity index (χ0n) is 13.2. The van der Waals surface area contributed by atoms with E-state index in [2.05, 4.69) is 16.2 Å². The molecular weight excluding hydrogens is 315 g/mol. The molecule has 0 atom stereocenters. The van der Waals surface area contributed by atoms with Gasteiger partial charge in [-0.3, -0.25) is 9.58 Å². The van der Waals surface area contributed by atoms with Crippen LogP contribution in [0.4, 0.5) is 4.39 Å². The fourth-order valence-corrected chi connectivity index (χ4v) is 2.99. The standard InChI is InChI=1S/C17H23FN4.ClH/c18-17-3-1-15(2-4-17)12-22-13-16(10-20-22)11-21-7-5-14(9-19)6-8-21;/h1-4,10,13-14H,5-9,11-12,19H2;1H. The summed E-state index contributed by atoms with van der Waals surface area (Å²) in [5.41, 5.74) is 8.02. The second kappa shape index (κ2) is 8.43. The predicted molar refractivity (Wildman–Crippen MR) is 92.0 cm³/mol. The van der Waals surface area contributed by atoms with E-state index in [9.17, 15) is 4.39 Å². The Kier molecular flexibility index (Phi) is 6.57. The lowest BCUT2D eigenvalue weighted by Gasteiger charge is -2.30. The number of aromatic nitrogens is 2. The first-order valence-corrected chi connectivity index (χ1v) is 7.91. The van der Waals surface area contributed by atoms with Gasteiger partial charge < -0.3 is 5.73 Å². The van der Waals surface area contributed by atoms with Gasteiger partial charge in [0.15, 0.2) is 0 Å². The summed E-state index contributed by atoms with van der Waals surface area (Å²) in [7, 11) is 0. The Morgan fingerprint density at radius 2 is 1.78 bits per heavy atom. The molecule has 0 unspecified atom stereocenters. The van der Waals surface area contributed by atoms with Crippen molar-refractivity contribution < 1.29 is 4.39 Å². The van der Waals surface area contributed by atoms with Crippen LogP contribution < -0.4 is 5.73 Å². The van der Waals surface area contributed by atoms with Crippen molar-refractivity contribution in [3.63, 3.8) is 0 Å². The molecule has 6 heteroatoms. The normalized spacial score (nSPS) is 16.3. The van der Waals surface area contributed by atoms with Crippen molar-refractivity contribution in [3.05, 3.63) is 53.6 Å². The van der Waals surface area contributed by atoms with Crippen LogP contribution in [0.2, 0.25) is 0 Å². The summed E-state index contributed by atoms with van der Waals surface area (Å²) in [6, 6.07) is 6.57. The lowest BCUT2D eigenvalue weighted by molar-refractivity contribution is 0.180. The lowest BCUT2D eigenvalue weighted by Crippen LogP contribution is -2.35. The Labute approximate surface area is 142 Å². The molecule has 2 aromatic rings. The Morgan fingerprint density at radius 3 is 2.43 bits per heavy atom. The molecule has 1 aliphatic rings. The van der Waals surface area contributed by atoms with Gasteiger partial charge in [0.1, 0.15) is 5.82 Å². The SMILES string of the molecule is Cl.NCC1CCN(Cc2cnn(Cc3ccc(F)cc3)c2)CC1. The maximum absolute atomic E-state index is 12.9. The van der Waals surface area contributed by atoms with Gasteiger partial charge in [0.2, 0.25) is 0 Å². The van der Waals surface area contributed by atoms with E-state index in [4.69, 9.17) is 5.73 Å². The molecule has 2 heterocycles. The molecule has 2 N–H and O–H groups in total. The predicted octanol–water partition coefficient (Wildman–Crippen LogP) is 2.66. The third-order valence-corrected chi connectivity index (χ3v) is 4.39. The number of halogens is 2. The first-order valence-electron chi connectivity index (χ1n) is 7.91. The molecule has 1 fully saturated rings. The van der Waals surface area contributed by atoms with E-state index in [0.29, 0.717) is 12.5 Å². The summed E-state index contributed by atoms with van der Waals surface area (Å²) in [6.45, 7) is 4.66. The van der Waals surface area contributed by atoms with Gasteiger partial charge in [-0.1, -0.05) is 12.1 Å². The average molecular weight is 339 g/mol. The van der Waals surface area contributed by atoms with Crippen molar-refractivity contribution in [2.45, 2.75) is 25.9 Å². The fraction of sp³-hybridized carbons (Fsp3) is 0.471. The number of likely N-dealkylation sites (tertiary alicyclic amines) is 1. The third-order valence-electron chi connectivity index (χ3n) is 4.39. The molecule has 0 aliphatic carbocycles. The number of hydrogen-bond donors (Lipinski definition) is 1. The highest BCUT2D eigenvalue weighted by molar-refractivity contribution is 5.85. The summed E-state index contributed by atoms with van der Waals surface area (Å²) in [6.07, 6.45) is 6.40. The van der Waals surface area contributed by atoms with Gasteiger partial charge >= 0.3 is 0 Å². The average Bonchev–Trinajstić information content (AvgIpc) is 2.97. The van der Waals surface area contributed by atoms with Gasteiger partial charge in [-0.05, 0) is 56.1 Å². The molecule has 4 nitrogen and oxygen atoms in total. The van der Waals surface area contributed by atoms with Crippen LogP contribution in [0, 0.1) is 11.7 Å². The second-order valence-corrected chi connectivity index (χ2v) is 6.13. The molecule has 1 aliphatic heterocycles. The van der Waals surface area contributed by atoms with Crippen LogP contribution in [0.3, 0.4) is 0 Å². The zero-order chi connectivity index (χ0) is 15.4. The first-order chi connectivity index (χ1) is 10.7. The Balaban J connectivity index is 0.00000192. The van der Waals surface area contributed by atoms with Crippen LogP contribution in [-0.2, 0) is 13.1 Å². The van der Waals surface area contributed by atoms with E-state index in [-0.39, 0.29) is 18.2 Å². The molecule has 3 rings (SSSR count). The number of nitrogens with zero attached hydrogens (tertiary/aromatic N) is 3. The van der Waals surface area contributed by atoms with Gasteiger partial charge in [0.05, 0.1) is 12.7 Å². The minimum absolute atomic E-state index is 0. The summed E-state index contributed by atoms with van der Waals surface area (Å²) < 4.78 is 14.8. The monoisotopic (exact) mass is 338 g/mol. The Hall–Kier alpha value is -1.43. The van der Waals surface area contributed by atoms with Crippen molar-refractivity contribution >= 4 is 12.4 Å². The van der Waals surface area contributed by atoms with Crippen LogP contribution in [0.1, 0.15) is 24.0 Å². The van der Waals surface area contributed by atoms with Crippen LogP contribution in [-0.4, -0.2) is 34.3 Å². The molecule has 1 saturated heterocycles. The molecule has 0 saturated carbocycles. The van der Waals surface area contributed by atoms with Crippen molar-refractivity contribution in [3.8, 4) is 0 Å². The molecule has 1 aromatic heterocycles. The second-order valence-electron chi connectivity index (χ2n) is 6.13. The van der Waals surface area contributed by atoms with E-state index < -0.39 is 0 Å². The number of rotatable bonds is 5. The van der Waals surface area contributed by atoms with Crippen molar-refractivity contribution in [2.24, 2.45) is 11.7 Å².